The van der Waals surface area contributed by atoms with Crippen LogP contribution in [0.25, 0.3) is 0 Å². The number of hydrogen-bond donors (Lipinski definition) is 2. The first-order valence-electron chi connectivity index (χ1n) is 8.48. The highest BCUT2D eigenvalue weighted by molar-refractivity contribution is 8.04. The number of nitrogens with zero attached hydrogens (tertiary/aromatic N) is 1. The van der Waals surface area contributed by atoms with Crippen molar-refractivity contribution in [1.29, 1.82) is 0 Å². The molecule has 1 atom stereocenters. The van der Waals surface area contributed by atoms with E-state index < -0.39 is 11.2 Å². The number of carbonyl (C=O) groups is 2. The summed E-state index contributed by atoms with van der Waals surface area (Å²) in [5.74, 6) is 0.469. The van der Waals surface area contributed by atoms with Gasteiger partial charge in [0.2, 0.25) is 5.91 Å². The highest BCUT2D eigenvalue weighted by atomic mass is 32.2. The fourth-order valence-electron chi connectivity index (χ4n) is 2.19. The maximum atomic E-state index is 11.2. The lowest BCUT2D eigenvalue weighted by molar-refractivity contribution is -0.138. The molecule has 0 aromatic heterocycles. The number of aliphatic carboxylic acids is 1. The average Bonchev–Trinajstić information content (AvgIpc) is 2.99. The van der Waals surface area contributed by atoms with E-state index in [9.17, 15) is 9.59 Å². The molecule has 1 aromatic rings. The van der Waals surface area contributed by atoms with Gasteiger partial charge in [0.1, 0.15) is 16.7 Å². The van der Waals surface area contributed by atoms with Gasteiger partial charge in [-0.05, 0) is 24.6 Å². The summed E-state index contributed by atoms with van der Waals surface area (Å²) in [7, 11) is 4.99. The minimum Gasteiger partial charge on any atom is -0.497 e. The quantitative estimate of drug-likeness (QED) is 0.690. The minimum atomic E-state index is -0.936. The van der Waals surface area contributed by atoms with Crippen LogP contribution in [0, 0.1) is 0 Å². The van der Waals surface area contributed by atoms with E-state index in [0.717, 1.165) is 34.9 Å². The topological polar surface area (TPSA) is 97.2 Å². The van der Waals surface area contributed by atoms with Crippen LogP contribution in [0.15, 0.2) is 34.3 Å². The van der Waals surface area contributed by atoms with Crippen molar-refractivity contribution in [2.24, 2.45) is 4.99 Å². The second-order valence-electron chi connectivity index (χ2n) is 5.55. The van der Waals surface area contributed by atoms with Gasteiger partial charge in [0.05, 0.1) is 25.7 Å². The number of methoxy groups -OCH3 is 2. The number of carboxylic acid groups (broad SMARTS) is 1. The van der Waals surface area contributed by atoms with Crippen molar-refractivity contribution in [1.82, 2.24) is 5.32 Å². The number of hydrogen-bond acceptors (Lipinski definition) is 6. The molecule has 2 N–H and O–H groups in total. The Morgan fingerprint density at radius 3 is 2.67 bits per heavy atom. The van der Waals surface area contributed by atoms with Gasteiger partial charge >= 0.3 is 5.97 Å². The van der Waals surface area contributed by atoms with E-state index in [4.69, 9.17) is 14.6 Å². The van der Waals surface area contributed by atoms with Gasteiger partial charge in [0.25, 0.3) is 0 Å². The molecule has 1 amide bonds. The van der Waals surface area contributed by atoms with Crippen molar-refractivity contribution in [3.63, 3.8) is 0 Å². The van der Waals surface area contributed by atoms with Crippen LogP contribution >= 0.6 is 11.8 Å². The lowest BCUT2D eigenvalue weighted by atomic mass is 10.2. The maximum Gasteiger partial charge on any atom is 0.305 e. The molecule has 0 aliphatic carbocycles. The molecular weight excluding hydrogens is 368 g/mol. The number of nitrogens with one attached hydrogen (secondary N) is 1. The van der Waals surface area contributed by atoms with E-state index in [1.807, 2.05) is 31.2 Å². The third-order valence-electron chi connectivity index (χ3n) is 3.49. The summed E-state index contributed by atoms with van der Waals surface area (Å²) in [6.45, 7) is 2.05. The molecule has 1 saturated heterocycles. The van der Waals surface area contributed by atoms with Gasteiger partial charge in [-0.25, -0.2) is 0 Å². The second-order valence-corrected chi connectivity index (χ2v) is 6.79. The molecule has 8 heteroatoms. The molecule has 1 aliphatic rings. The minimum absolute atomic E-state index is 0.111. The van der Waals surface area contributed by atoms with Crippen LogP contribution < -0.4 is 14.8 Å². The maximum absolute atomic E-state index is 11.2. The number of aliphatic imine (C=N–C) groups is 1. The van der Waals surface area contributed by atoms with E-state index in [1.54, 1.807) is 27.5 Å². The molecule has 1 fully saturated rings. The third kappa shape index (κ3) is 7.74. The monoisotopic (exact) mass is 394 g/mol. The molecule has 1 aromatic carbocycles. The van der Waals surface area contributed by atoms with Crippen molar-refractivity contribution in [2.45, 2.75) is 31.4 Å². The van der Waals surface area contributed by atoms with E-state index in [0.29, 0.717) is 0 Å². The summed E-state index contributed by atoms with van der Waals surface area (Å²) in [6.07, 6.45) is 5.48. The number of carboxylic acids is 1. The molecular formula is C19H26N2O5S. The Morgan fingerprint density at radius 2 is 2.11 bits per heavy atom. The number of amides is 1. The van der Waals surface area contributed by atoms with Gasteiger partial charge in [-0.3, -0.25) is 14.6 Å². The molecule has 0 bridgehead atoms. The fourth-order valence-corrected chi connectivity index (χ4v) is 3.26. The smallest absolute Gasteiger partial charge is 0.305 e. The first kappa shape index (κ1) is 22.6. The molecule has 1 unspecified atom stereocenters. The van der Waals surface area contributed by atoms with Crippen LogP contribution in [-0.2, 0) is 9.59 Å². The highest BCUT2D eigenvalue weighted by Crippen LogP contribution is 2.29. The van der Waals surface area contributed by atoms with Crippen LogP contribution in [-0.4, -0.2) is 49.7 Å². The van der Waals surface area contributed by atoms with Crippen molar-refractivity contribution in [3.05, 3.63) is 34.9 Å². The zero-order chi connectivity index (χ0) is 20.2. The number of thioether (sulfide) groups is 1. The Labute approximate surface area is 163 Å². The lowest BCUT2D eigenvalue weighted by Gasteiger charge is -2.06. The lowest BCUT2D eigenvalue weighted by Crippen LogP contribution is -2.24. The molecule has 0 radical (unpaired) electrons. The highest BCUT2D eigenvalue weighted by Gasteiger charge is 2.30. The Kier molecular flexibility index (Phi) is 10.0. The van der Waals surface area contributed by atoms with Gasteiger partial charge in [0.15, 0.2) is 0 Å². The molecule has 1 aliphatic heterocycles. The summed E-state index contributed by atoms with van der Waals surface area (Å²) >= 11 is 1.31. The summed E-state index contributed by atoms with van der Waals surface area (Å²) in [4.78, 5) is 25.6. The molecule has 0 spiro atoms. The fraction of sp³-hybridized carbons (Fsp3) is 0.421. The van der Waals surface area contributed by atoms with Crippen molar-refractivity contribution < 1.29 is 24.2 Å². The largest absolute Gasteiger partial charge is 0.497 e. The van der Waals surface area contributed by atoms with Crippen LogP contribution in [0.1, 0.15) is 31.7 Å². The Morgan fingerprint density at radius 1 is 1.37 bits per heavy atom. The number of benzene rings is 1. The van der Waals surface area contributed by atoms with Crippen LogP contribution in [0.2, 0.25) is 0 Å². The van der Waals surface area contributed by atoms with Crippen molar-refractivity contribution >= 4 is 29.9 Å². The number of allylic oxidation sites excluding steroid dienone is 1. The van der Waals surface area contributed by atoms with Crippen molar-refractivity contribution in [3.8, 4) is 11.5 Å². The SMILES string of the molecule is CCC/C=C1/NC(=O)C(CC(=O)O)S1.CN=Cc1cc(OC)ccc1OC. The summed E-state index contributed by atoms with van der Waals surface area (Å²) in [5.41, 5.74) is 0.921. The van der Waals surface area contributed by atoms with Gasteiger partial charge in [0, 0.05) is 18.8 Å². The van der Waals surface area contributed by atoms with E-state index in [-0.39, 0.29) is 12.3 Å². The van der Waals surface area contributed by atoms with E-state index in [1.165, 1.54) is 11.8 Å². The standard InChI is InChI=1S/C10H13NO2.C9H13NO3S/c1-11-7-8-6-9(12-2)4-5-10(8)13-3;1-2-3-4-7-10-9(13)6(14-7)5-8(11)12/h4-7H,1-3H3;4,6H,2-3,5H2,1H3,(H,10,13)(H,11,12)/b;7-4-. The number of ether oxygens (including phenoxy) is 2. The second kappa shape index (κ2) is 12.0. The van der Waals surface area contributed by atoms with Gasteiger partial charge < -0.3 is 19.9 Å². The van der Waals surface area contributed by atoms with Crippen molar-refractivity contribution in [2.75, 3.05) is 21.3 Å². The predicted octanol–water partition coefficient (Wildman–Crippen LogP) is 3.09. The van der Waals surface area contributed by atoms with Gasteiger partial charge in [-0.2, -0.15) is 0 Å². The average molecular weight is 394 g/mol. The van der Waals surface area contributed by atoms with E-state index in [2.05, 4.69) is 10.3 Å². The molecule has 7 nitrogen and oxygen atoms in total. The Bertz CT molecular complexity index is 703. The summed E-state index contributed by atoms with van der Waals surface area (Å²) < 4.78 is 10.2. The first-order valence-corrected chi connectivity index (χ1v) is 9.36. The van der Waals surface area contributed by atoms with Gasteiger partial charge in [-0.1, -0.05) is 31.2 Å². The number of unbranched alkanes of at least 4 members (excludes halogenated alkanes) is 1. The van der Waals surface area contributed by atoms with Crippen LogP contribution in [0.4, 0.5) is 0 Å². The third-order valence-corrected chi connectivity index (χ3v) is 4.68. The first-order chi connectivity index (χ1) is 12.9. The molecule has 27 heavy (non-hydrogen) atoms. The van der Waals surface area contributed by atoms with Crippen LogP contribution in [0.5, 0.6) is 11.5 Å². The normalized spacial score (nSPS) is 17.4. The predicted molar refractivity (Wildman–Crippen MR) is 108 cm³/mol. The molecule has 0 saturated carbocycles. The van der Waals surface area contributed by atoms with Crippen LogP contribution in [0.3, 0.4) is 0 Å². The number of rotatable bonds is 7. The van der Waals surface area contributed by atoms with Gasteiger partial charge in [-0.15, -0.1) is 0 Å². The summed E-state index contributed by atoms with van der Waals surface area (Å²) in [6, 6.07) is 5.59. The number of carbonyl (C=O) groups excluding carboxylic acids is 1. The van der Waals surface area contributed by atoms with E-state index >= 15 is 0 Å². The summed E-state index contributed by atoms with van der Waals surface area (Å²) in [5, 5.41) is 11.5. The molecule has 148 valence electrons. The Hall–Kier alpha value is -2.48. The molecule has 2 rings (SSSR count). The molecule has 1 heterocycles. The Balaban J connectivity index is 0.000000271. The zero-order valence-electron chi connectivity index (χ0n) is 16.0. The zero-order valence-corrected chi connectivity index (χ0v) is 16.8.